The first-order chi connectivity index (χ1) is 10.0. The zero-order chi connectivity index (χ0) is 15.7. The molecular formula is C17H26O4. The number of benzene rings is 1. The molecule has 0 radical (unpaired) electrons. The quantitative estimate of drug-likeness (QED) is 0.559. The molecule has 0 fully saturated rings. The highest BCUT2D eigenvalue weighted by atomic mass is 16.5. The van der Waals surface area contributed by atoms with Crippen molar-refractivity contribution in [1.29, 1.82) is 0 Å². The van der Waals surface area contributed by atoms with Gasteiger partial charge in [-0.15, -0.1) is 0 Å². The number of rotatable bonds is 9. The summed E-state index contributed by atoms with van der Waals surface area (Å²) in [5, 5.41) is 9.75. The molecule has 0 saturated heterocycles. The molecule has 0 aliphatic carbocycles. The van der Waals surface area contributed by atoms with Gasteiger partial charge in [0.15, 0.2) is 0 Å². The molecule has 0 unspecified atom stereocenters. The van der Waals surface area contributed by atoms with E-state index in [-0.39, 0.29) is 5.97 Å². The highest BCUT2D eigenvalue weighted by molar-refractivity contribution is 5.69. The van der Waals surface area contributed by atoms with Crippen molar-refractivity contribution in [1.82, 2.24) is 0 Å². The van der Waals surface area contributed by atoms with Crippen molar-refractivity contribution in [2.45, 2.75) is 52.6 Å². The van der Waals surface area contributed by atoms with Crippen LogP contribution in [0.3, 0.4) is 0 Å². The number of aryl methyl sites for hydroxylation is 1. The van der Waals surface area contributed by atoms with E-state index in [2.05, 4.69) is 0 Å². The third-order valence-corrected chi connectivity index (χ3v) is 3.20. The van der Waals surface area contributed by atoms with E-state index in [1.54, 1.807) is 6.92 Å². The van der Waals surface area contributed by atoms with E-state index in [0.29, 0.717) is 19.6 Å². The monoisotopic (exact) mass is 294 g/mol. The van der Waals surface area contributed by atoms with Gasteiger partial charge in [-0.2, -0.15) is 0 Å². The number of carbonyl (C=O) groups is 1. The average molecular weight is 294 g/mol. The molecule has 0 aromatic heterocycles. The topological polar surface area (TPSA) is 55.8 Å². The van der Waals surface area contributed by atoms with Gasteiger partial charge in [-0.3, -0.25) is 4.79 Å². The Morgan fingerprint density at radius 2 is 2.05 bits per heavy atom. The number of aliphatic hydroxyl groups is 1. The lowest BCUT2D eigenvalue weighted by molar-refractivity contribution is -0.143. The minimum Gasteiger partial charge on any atom is -0.493 e. The smallest absolute Gasteiger partial charge is 0.305 e. The van der Waals surface area contributed by atoms with Gasteiger partial charge >= 0.3 is 5.97 Å². The SMILES string of the molecule is CCOC(=O)CCCCCOc1ccc(C)cc1[C@H](C)O. The minimum atomic E-state index is -0.538. The van der Waals surface area contributed by atoms with Crippen LogP contribution in [0.4, 0.5) is 0 Å². The van der Waals surface area contributed by atoms with Crippen LogP contribution in [0.1, 0.15) is 56.8 Å². The van der Waals surface area contributed by atoms with Gasteiger partial charge in [-0.05, 0) is 52.2 Å². The first-order valence-corrected chi connectivity index (χ1v) is 7.61. The molecule has 1 N–H and O–H groups in total. The maximum absolute atomic E-state index is 11.2. The minimum absolute atomic E-state index is 0.131. The predicted octanol–water partition coefficient (Wildman–Crippen LogP) is 3.55. The fourth-order valence-electron chi connectivity index (χ4n) is 2.09. The number of unbranched alkanes of at least 4 members (excludes halogenated alkanes) is 2. The zero-order valence-electron chi connectivity index (χ0n) is 13.2. The Kier molecular flexibility index (Phi) is 7.83. The first-order valence-electron chi connectivity index (χ1n) is 7.61. The van der Waals surface area contributed by atoms with E-state index in [4.69, 9.17) is 9.47 Å². The van der Waals surface area contributed by atoms with Crippen molar-refractivity contribution in [3.63, 3.8) is 0 Å². The molecule has 0 saturated carbocycles. The third-order valence-electron chi connectivity index (χ3n) is 3.20. The summed E-state index contributed by atoms with van der Waals surface area (Å²) >= 11 is 0. The lowest BCUT2D eigenvalue weighted by Crippen LogP contribution is -2.05. The van der Waals surface area contributed by atoms with Crippen molar-refractivity contribution in [2.24, 2.45) is 0 Å². The molecule has 0 spiro atoms. The van der Waals surface area contributed by atoms with E-state index in [0.717, 1.165) is 36.1 Å². The second-order valence-corrected chi connectivity index (χ2v) is 5.18. The van der Waals surface area contributed by atoms with Gasteiger partial charge in [0.1, 0.15) is 5.75 Å². The summed E-state index contributed by atoms with van der Waals surface area (Å²) < 4.78 is 10.6. The Morgan fingerprint density at radius 1 is 1.29 bits per heavy atom. The molecule has 4 nitrogen and oxygen atoms in total. The van der Waals surface area contributed by atoms with Crippen molar-refractivity contribution >= 4 is 5.97 Å². The Balaban J connectivity index is 2.28. The summed E-state index contributed by atoms with van der Waals surface area (Å²) in [6, 6.07) is 5.82. The van der Waals surface area contributed by atoms with Crippen molar-refractivity contribution in [3.05, 3.63) is 29.3 Å². The molecule has 0 bridgehead atoms. The molecule has 4 heteroatoms. The summed E-state index contributed by atoms with van der Waals surface area (Å²) in [4.78, 5) is 11.2. The highest BCUT2D eigenvalue weighted by Crippen LogP contribution is 2.26. The fourth-order valence-corrected chi connectivity index (χ4v) is 2.09. The molecule has 21 heavy (non-hydrogen) atoms. The van der Waals surface area contributed by atoms with Gasteiger partial charge in [0.25, 0.3) is 0 Å². The van der Waals surface area contributed by atoms with Crippen molar-refractivity contribution in [3.8, 4) is 5.75 Å². The Labute approximate surface area is 127 Å². The molecule has 118 valence electrons. The Bertz CT molecular complexity index is 440. The largest absolute Gasteiger partial charge is 0.493 e. The van der Waals surface area contributed by atoms with Crippen LogP contribution in [0, 0.1) is 6.92 Å². The molecule has 1 aromatic rings. The maximum atomic E-state index is 11.2. The van der Waals surface area contributed by atoms with Crippen LogP contribution in [-0.4, -0.2) is 24.3 Å². The highest BCUT2D eigenvalue weighted by Gasteiger charge is 2.09. The zero-order valence-corrected chi connectivity index (χ0v) is 13.2. The van der Waals surface area contributed by atoms with Gasteiger partial charge in [0.2, 0.25) is 0 Å². The van der Waals surface area contributed by atoms with Crippen molar-refractivity contribution in [2.75, 3.05) is 13.2 Å². The normalized spacial score (nSPS) is 12.0. The molecular weight excluding hydrogens is 268 g/mol. The lowest BCUT2D eigenvalue weighted by atomic mass is 10.1. The van der Waals surface area contributed by atoms with Gasteiger partial charge in [0.05, 0.1) is 19.3 Å². The number of aliphatic hydroxyl groups excluding tert-OH is 1. The van der Waals surface area contributed by atoms with Crippen molar-refractivity contribution < 1.29 is 19.4 Å². The van der Waals surface area contributed by atoms with E-state index in [1.807, 2.05) is 32.0 Å². The summed E-state index contributed by atoms with van der Waals surface area (Å²) in [5.74, 6) is 0.606. The molecule has 1 atom stereocenters. The summed E-state index contributed by atoms with van der Waals surface area (Å²) in [6.45, 7) is 6.57. The second kappa shape index (κ2) is 9.40. The summed E-state index contributed by atoms with van der Waals surface area (Å²) in [6.07, 6.45) is 2.56. The van der Waals surface area contributed by atoms with Crippen LogP contribution >= 0.6 is 0 Å². The number of hydrogen-bond donors (Lipinski definition) is 1. The van der Waals surface area contributed by atoms with Crippen LogP contribution in [-0.2, 0) is 9.53 Å². The van der Waals surface area contributed by atoms with E-state index < -0.39 is 6.10 Å². The van der Waals surface area contributed by atoms with Gasteiger partial charge in [0, 0.05) is 12.0 Å². The van der Waals surface area contributed by atoms with E-state index in [9.17, 15) is 9.90 Å². The summed E-state index contributed by atoms with van der Waals surface area (Å²) in [5.41, 5.74) is 1.93. The van der Waals surface area contributed by atoms with E-state index >= 15 is 0 Å². The van der Waals surface area contributed by atoms with Crippen LogP contribution in [0.2, 0.25) is 0 Å². The average Bonchev–Trinajstić information content (AvgIpc) is 2.44. The molecule has 0 heterocycles. The lowest BCUT2D eigenvalue weighted by Gasteiger charge is -2.14. The standard InChI is InChI=1S/C17H26O4/c1-4-20-17(19)8-6-5-7-11-21-16-10-9-13(2)12-15(16)14(3)18/h9-10,12,14,18H,4-8,11H2,1-3H3/t14-/m0/s1. The maximum Gasteiger partial charge on any atom is 0.305 e. The Hall–Kier alpha value is -1.55. The van der Waals surface area contributed by atoms with E-state index in [1.165, 1.54) is 0 Å². The Morgan fingerprint density at radius 3 is 2.71 bits per heavy atom. The van der Waals surface area contributed by atoms with Crippen LogP contribution in [0.25, 0.3) is 0 Å². The third kappa shape index (κ3) is 6.63. The summed E-state index contributed by atoms with van der Waals surface area (Å²) in [7, 11) is 0. The molecule has 1 aromatic carbocycles. The number of ether oxygens (including phenoxy) is 2. The fraction of sp³-hybridized carbons (Fsp3) is 0.588. The first kappa shape index (κ1) is 17.5. The van der Waals surface area contributed by atoms with Crippen LogP contribution in [0.5, 0.6) is 5.75 Å². The second-order valence-electron chi connectivity index (χ2n) is 5.18. The van der Waals surface area contributed by atoms with Gasteiger partial charge < -0.3 is 14.6 Å². The van der Waals surface area contributed by atoms with Crippen LogP contribution in [0.15, 0.2) is 18.2 Å². The molecule has 1 rings (SSSR count). The van der Waals surface area contributed by atoms with Crippen LogP contribution < -0.4 is 4.74 Å². The number of esters is 1. The molecule has 0 aliphatic heterocycles. The number of hydrogen-bond acceptors (Lipinski definition) is 4. The number of carbonyl (C=O) groups excluding carboxylic acids is 1. The van der Waals surface area contributed by atoms with Gasteiger partial charge in [-0.25, -0.2) is 0 Å². The molecule has 0 amide bonds. The molecule has 0 aliphatic rings. The van der Waals surface area contributed by atoms with Gasteiger partial charge in [-0.1, -0.05) is 11.6 Å². The predicted molar refractivity (Wildman–Crippen MR) is 82.4 cm³/mol.